The average Bonchev–Trinajstić information content (AvgIpc) is 3.33. The van der Waals surface area contributed by atoms with Crippen molar-refractivity contribution in [3.63, 3.8) is 0 Å². The van der Waals surface area contributed by atoms with Crippen LogP contribution in [0.15, 0.2) is 83.3 Å². The number of aromatic nitrogens is 2. The molecular formula is C27H27N3O4. The number of carbonyl (C=O) groups excluding carboxylic acids is 1. The van der Waals surface area contributed by atoms with Crippen LogP contribution in [0.1, 0.15) is 26.3 Å². The first-order valence-corrected chi connectivity index (χ1v) is 11.0. The van der Waals surface area contributed by atoms with Crippen LogP contribution in [0.2, 0.25) is 0 Å². The van der Waals surface area contributed by atoms with E-state index in [2.05, 4.69) is 10.2 Å². The number of anilines is 1. The summed E-state index contributed by atoms with van der Waals surface area (Å²) in [5.74, 6) is 1.50. The van der Waals surface area contributed by atoms with E-state index < -0.39 is 11.7 Å². The lowest BCUT2D eigenvalue weighted by Gasteiger charge is -2.24. The van der Waals surface area contributed by atoms with Crippen molar-refractivity contribution in [3.05, 3.63) is 84.4 Å². The number of nitrogens with zero attached hydrogens (tertiary/aromatic N) is 3. The zero-order valence-corrected chi connectivity index (χ0v) is 19.7. The largest absolute Gasteiger partial charge is 0.489 e. The van der Waals surface area contributed by atoms with Gasteiger partial charge in [0.15, 0.2) is 0 Å². The Morgan fingerprint density at radius 3 is 2.24 bits per heavy atom. The molecule has 0 fully saturated rings. The maximum atomic E-state index is 12.3. The smallest absolute Gasteiger partial charge is 0.414 e. The molecule has 0 atom stereocenters. The van der Waals surface area contributed by atoms with Crippen molar-refractivity contribution in [1.29, 1.82) is 0 Å². The van der Waals surface area contributed by atoms with Crippen LogP contribution in [-0.4, -0.2) is 28.9 Å². The van der Waals surface area contributed by atoms with Gasteiger partial charge in [0.1, 0.15) is 18.0 Å². The van der Waals surface area contributed by atoms with Crippen molar-refractivity contribution in [2.24, 2.45) is 0 Å². The van der Waals surface area contributed by atoms with Gasteiger partial charge < -0.3 is 13.9 Å². The fraction of sp³-hybridized carbons (Fsp3) is 0.222. The SMILES string of the molecule is CN(C(=O)OC(C)(C)C)c1ccc(-c2nnc(-c3cccc(OCc4ccccc4)c3)o2)cc1. The van der Waals surface area contributed by atoms with Crippen LogP contribution in [0.3, 0.4) is 0 Å². The third-order valence-corrected chi connectivity index (χ3v) is 4.92. The lowest BCUT2D eigenvalue weighted by atomic mass is 10.2. The quantitative estimate of drug-likeness (QED) is 0.336. The summed E-state index contributed by atoms with van der Waals surface area (Å²) in [6.45, 7) is 5.98. The third kappa shape index (κ3) is 5.81. The highest BCUT2D eigenvalue weighted by Gasteiger charge is 2.21. The molecule has 0 aliphatic carbocycles. The zero-order valence-electron chi connectivity index (χ0n) is 19.7. The van der Waals surface area contributed by atoms with Gasteiger partial charge in [-0.1, -0.05) is 36.4 Å². The van der Waals surface area contributed by atoms with Crippen molar-refractivity contribution in [2.45, 2.75) is 33.0 Å². The van der Waals surface area contributed by atoms with Crippen molar-refractivity contribution >= 4 is 11.8 Å². The molecule has 1 heterocycles. The van der Waals surface area contributed by atoms with Crippen LogP contribution < -0.4 is 9.64 Å². The maximum absolute atomic E-state index is 12.3. The number of rotatable bonds is 6. The number of amides is 1. The molecule has 0 aliphatic rings. The molecule has 3 aromatic carbocycles. The van der Waals surface area contributed by atoms with Crippen molar-refractivity contribution in [2.75, 3.05) is 11.9 Å². The second-order valence-electron chi connectivity index (χ2n) is 8.80. The van der Waals surface area contributed by atoms with E-state index in [1.807, 2.05) is 87.5 Å². The highest BCUT2D eigenvalue weighted by atomic mass is 16.6. The van der Waals surface area contributed by atoms with Crippen molar-refractivity contribution in [3.8, 4) is 28.7 Å². The summed E-state index contributed by atoms with van der Waals surface area (Å²) in [6.07, 6.45) is -0.422. The second kappa shape index (κ2) is 9.79. The van der Waals surface area contributed by atoms with E-state index in [4.69, 9.17) is 13.9 Å². The van der Waals surface area contributed by atoms with E-state index >= 15 is 0 Å². The molecule has 0 saturated heterocycles. The van der Waals surface area contributed by atoms with Gasteiger partial charge in [-0.2, -0.15) is 0 Å². The van der Waals surface area contributed by atoms with Crippen LogP contribution >= 0.6 is 0 Å². The Hall–Kier alpha value is -4.13. The Morgan fingerprint density at radius 2 is 1.56 bits per heavy atom. The molecule has 0 bridgehead atoms. The van der Waals surface area contributed by atoms with Gasteiger partial charge in [0.2, 0.25) is 11.8 Å². The molecule has 7 heteroatoms. The number of ether oxygens (including phenoxy) is 2. The summed E-state index contributed by atoms with van der Waals surface area (Å²) in [5.41, 5.74) is 2.74. The molecule has 7 nitrogen and oxygen atoms in total. The van der Waals surface area contributed by atoms with Crippen LogP contribution in [0.5, 0.6) is 5.75 Å². The Morgan fingerprint density at radius 1 is 0.882 bits per heavy atom. The molecule has 0 aliphatic heterocycles. The van der Waals surface area contributed by atoms with Crippen LogP contribution in [0, 0.1) is 0 Å². The van der Waals surface area contributed by atoms with Crippen molar-refractivity contribution in [1.82, 2.24) is 10.2 Å². The highest BCUT2D eigenvalue weighted by molar-refractivity contribution is 5.87. The standard InChI is InChI=1S/C27H27N3O4/c1-27(2,3)34-26(31)30(4)22-15-13-20(14-16-22)24-28-29-25(33-24)21-11-8-12-23(17-21)32-18-19-9-6-5-7-10-19/h5-17H,18H2,1-4H3. The van der Waals surface area contributed by atoms with Gasteiger partial charge in [0.05, 0.1) is 0 Å². The molecule has 0 saturated carbocycles. The molecule has 1 amide bonds. The van der Waals surface area contributed by atoms with Gasteiger partial charge in [-0.3, -0.25) is 4.90 Å². The van der Waals surface area contributed by atoms with E-state index in [1.165, 1.54) is 4.90 Å². The van der Waals surface area contributed by atoms with Gasteiger partial charge in [0, 0.05) is 23.9 Å². The minimum Gasteiger partial charge on any atom is -0.489 e. The minimum absolute atomic E-state index is 0.386. The number of carbonyl (C=O) groups is 1. The van der Waals surface area contributed by atoms with Gasteiger partial charge in [0.25, 0.3) is 0 Å². The van der Waals surface area contributed by atoms with E-state index in [9.17, 15) is 4.79 Å². The number of benzene rings is 3. The lowest BCUT2D eigenvalue weighted by molar-refractivity contribution is 0.0589. The van der Waals surface area contributed by atoms with E-state index in [1.54, 1.807) is 19.2 Å². The molecule has 4 rings (SSSR count). The van der Waals surface area contributed by atoms with Crippen LogP contribution in [0.25, 0.3) is 22.9 Å². The highest BCUT2D eigenvalue weighted by Crippen LogP contribution is 2.28. The van der Waals surface area contributed by atoms with E-state index in [0.717, 1.165) is 22.4 Å². The zero-order chi connectivity index (χ0) is 24.1. The Labute approximate surface area is 199 Å². The predicted molar refractivity (Wildman–Crippen MR) is 131 cm³/mol. The Kier molecular flexibility index (Phi) is 6.63. The van der Waals surface area contributed by atoms with Gasteiger partial charge in [-0.25, -0.2) is 4.79 Å². The molecule has 0 radical (unpaired) electrons. The first-order valence-electron chi connectivity index (χ1n) is 11.0. The van der Waals surface area contributed by atoms with Crippen molar-refractivity contribution < 1.29 is 18.7 Å². The first-order chi connectivity index (χ1) is 16.3. The van der Waals surface area contributed by atoms with Gasteiger partial charge in [-0.05, 0) is 68.8 Å². The maximum Gasteiger partial charge on any atom is 0.414 e. The fourth-order valence-electron chi connectivity index (χ4n) is 3.18. The topological polar surface area (TPSA) is 77.7 Å². The summed E-state index contributed by atoms with van der Waals surface area (Å²) in [7, 11) is 1.67. The summed E-state index contributed by atoms with van der Waals surface area (Å²) in [5, 5.41) is 8.37. The van der Waals surface area contributed by atoms with Gasteiger partial charge >= 0.3 is 6.09 Å². The Balaban J connectivity index is 1.44. The van der Waals surface area contributed by atoms with Crippen LogP contribution in [0.4, 0.5) is 10.5 Å². The van der Waals surface area contributed by atoms with Gasteiger partial charge in [-0.15, -0.1) is 10.2 Å². The molecule has 0 N–H and O–H groups in total. The predicted octanol–water partition coefficient (Wildman–Crippen LogP) is 6.35. The molecule has 0 spiro atoms. The Bertz CT molecular complexity index is 1240. The molecule has 1 aromatic heterocycles. The molecule has 0 unspecified atom stereocenters. The molecule has 4 aromatic rings. The second-order valence-corrected chi connectivity index (χ2v) is 8.80. The third-order valence-electron chi connectivity index (χ3n) is 4.92. The average molecular weight is 458 g/mol. The lowest BCUT2D eigenvalue weighted by Crippen LogP contribution is -2.34. The minimum atomic E-state index is -0.560. The molecular weight excluding hydrogens is 430 g/mol. The normalized spacial score (nSPS) is 11.2. The summed E-state index contributed by atoms with van der Waals surface area (Å²) in [6, 6.07) is 24.8. The van der Waals surface area contributed by atoms with Crippen LogP contribution in [-0.2, 0) is 11.3 Å². The molecule has 34 heavy (non-hydrogen) atoms. The van der Waals surface area contributed by atoms with E-state index in [-0.39, 0.29) is 0 Å². The fourth-order valence-corrected chi connectivity index (χ4v) is 3.18. The summed E-state index contributed by atoms with van der Waals surface area (Å²) >= 11 is 0. The number of hydrogen-bond acceptors (Lipinski definition) is 6. The summed E-state index contributed by atoms with van der Waals surface area (Å²) in [4.78, 5) is 13.7. The number of hydrogen-bond donors (Lipinski definition) is 0. The summed E-state index contributed by atoms with van der Waals surface area (Å²) < 4.78 is 17.2. The monoisotopic (exact) mass is 457 g/mol. The molecule has 174 valence electrons. The first kappa shape index (κ1) is 23.0. The van der Waals surface area contributed by atoms with E-state index in [0.29, 0.717) is 24.1 Å².